The van der Waals surface area contributed by atoms with Crippen molar-refractivity contribution in [2.45, 2.75) is 6.92 Å². The summed E-state index contributed by atoms with van der Waals surface area (Å²) in [5.41, 5.74) is 0.931. The van der Waals surface area contributed by atoms with E-state index in [0.29, 0.717) is 0 Å². The predicted octanol–water partition coefficient (Wildman–Crippen LogP) is 1.97. The van der Waals surface area contributed by atoms with Gasteiger partial charge in [-0.3, -0.25) is 9.69 Å². The topological polar surface area (TPSA) is 61.4 Å². The summed E-state index contributed by atoms with van der Waals surface area (Å²) >= 11 is 3.49. The van der Waals surface area contributed by atoms with Crippen LogP contribution in [0.4, 0.5) is 5.82 Å². The van der Waals surface area contributed by atoms with Crippen LogP contribution in [-0.2, 0) is 4.79 Å². The lowest BCUT2D eigenvalue weighted by Gasteiger charge is -2.34. The van der Waals surface area contributed by atoms with E-state index in [4.69, 9.17) is 0 Å². The minimum Gasteiger partial charge on any atom is -0.368 e. The van der Waals surface area contributed by atoms with Gasteiger partial charge in [0.15, 0.2) is 0 Å². The highest BCUT2D eigenvalue weighted by atomic mass is 79.9. The standard InChI is InChI=1S/C16H20BrN5O/c1-12(23)22-8-6-21(7-9-22)5-4-18-16-14-10-13(17)2-3-15(14)19-11-20-16/h2-3,10-11H,4-9H2,1H3,(H,18,19,20). The highest BCUT2D eigenvalue weighted by molar-refractivity contribution is 9.10. The first-order valence-corrected chi connectivity index (χ1v) is 8.55. The van der Waals surface area contributed by atoms with Crippen molar-refractivity contribution >= 4 is 38.6 Å². The van der Waals surface area contributed by atoms with E-state index in [1.54, 1.807) is 13.3 Å². The number of piperazine rings is 1. The number of fused-ring (bicyclic) bond motifs is 1. The second-order valence-electron chi connectivity index (χ2n) is 5.66. The van der Waals surface area contributed by atoms with Gasteiger partial charge in [-0.05, 0) is 18.2 Å². The number of nitrogens with one attached hydrogen (secondary N) is 1. The van der Waals surface area contributed by atoms with Crippen LogP contribution in [0.25, 0.3) is 10.9 Å². The molecule has 1 amide bonds. The predicted molar refractivity (Wildman–Crippen MR) is 94.4 cm³/mol. The molecular formula is C16H20BrN5O. The minimum atomic E-state index is 0.167. The van der Waals surface area contributed by atoms with Crippen molar-refractivity contribution in [1.29, 1.82) is 0 Å². The summed E-state index contributed by atoms with van der Waals surface area (Å²) < 4.78 is 1.02. The van der Waals surface area contributed by atoms with Crippen LogP contribution in [-0.4, -0.2) is 64.9 Å². The highest BCUT2D eigenvalue weighted by Crippen LogP contribution is 2.23. The SMILES string of the molecule is CC(=O)N1CCN(CCNc2ncnc3ccc(Br)cc23)CC1. The quantitative estimate of drug-likeness (QED) is 0.882. The van der Waals surface area contributed by atoms with E-state index in [1.807, 2.05) is 23.1 Å². The molecular weight excluding hydrogens is 358 g/mol. The minimum absolute atomic E-state index is 0.167. The van der Waals surface area contributed by atoms with Crippen molar-refractivity contribution in [2.75, 3.05) is 44.6 Å². The Labute approximate surface area is 144 Å². The van der Waals surface area contributed by atoms with Crippen LogP contribution in [0.5, 0.6) is 0 Å². The molecule has 122 valence electrons. The van der Waals surface area contributed by atoms with Gasteiger partial charge in [0.05, 0.1) is 5.52 Å². The Bertz CT molecular complexity index is 700. The molecule has 6 nitrogen and oxygen atoms in total. The van der Waals surface area contributed by atoms with Crippen LogP contribution in [0.2, 0.25) is 0 Å². The smallest absolute Gasteiger partial charge is 0.219 e. The zero-order valence-corrected chi connectivity index (χ0v) is 14.7. The molecule has 0 radical (unpaired) electrons. The molecule has 2 aromatic rings. The molecule has 3 rings (SSSR count). The molecule has 1 saturated heterocycles. The Hall–Kier alpha value is -1.73. The number of carbonyl (C=O) groups excluding carboxylic acids is 1. The summed E-state index contributed by atoms with van der Waals surface area (Å²) in [6.45, 7) is 6.88. The van der Waals surface area contributed by atoms with Gasteiger partial charge in [0.25, 0.3) is 0 Å². The average molecular weight is 378 g/mol. The largest absolute Gasteiger partial charge is 0.368 e. The lowest BCUT2D eigenvalue weighted by atomic mass is 10.2. The molecule has 0 spiro atoms. The molecule has 7 heteroatoms. The summed E-state index contributed by atoms with van der Waals surface area (Å²) in [5.74, 6) is 1.03. The molecule has 0 unspecified atom stereocenters. The molecule has 0 bridgehead atoms. The monoisotopic (exact) mass is 377 g/mol. The van der Waals surface area contributed by atoms with Crippen molar-refractivity contribution in [3.63, 3.8) is 0 Å². The summed E-state index contributed by atoms with van der Waals surface area (Å²) in [5, 5.41) is 4.42. The fourth-order valence-electron chi connectivity index (χ4n) is 2.79. The van der Waals surface area contributed by atoms with Crippen LogP contribution in [0.15, 0.2) is 29.0 Å². The fourth-order valence-corrected chi connectivity index (χ4v) is 3.15. The maximum Gasteiger partial charge on any atom is 0.219 e. The van der Waals surface area contributed by atoms with E-state index in [2.05, 4.69) is 36.1 Å². The van der Waals surface area contributed by atoms with Gasteiger partial charge in [0.1, 0.15) is 12.1 Å². The number of benzene rings is 1. The molecule has 1 aliphatic heterocycles. The first-order chi connectivity index (χ1) is 11.1. The fraction of sp³-hybridized carbons (Fsp3) is 0.438. The van der Waals surface area contributed by atoms with Crippen LogP contribution >= 0.6 is 15.9 Å². The normalized spacial score (nSPS) is 15.8. The van der Waals surface area contributed by atoms with E-state index >= 15 is 0 Å². The Morgan fingerprint density at radius 1 is 1.26 bits per heavy atom. The Morgan fingerprint density at radius 2 is 2.04 bits per heavy atom. The van der Waals surface area contributed by atoms with Gasteiger partial charge in [0.2, 0.25) is 5.91 Å². The maximum absolute atomic E-state index is 11.3. The molecule has 0 saturated carbocycles. The molecule has 1 aromatic heterocycles. The van der Waals surface area contributed by atoms with Crippen LogP contribution < -0.4 is 5.32 Å². The first-order valence-electron chi connectivity index (χ1n) is 7.75. The number of halogens is 1. The number of carbonyl (C=O) groups is 1. The number of amides is 1. The summed E-state index contributed by atoms with van der Waals surface area (Å²) in [4.78, 5) is 24.2. The summed E-state index contributed by atoms with van der Waals surface area (Å²) in [6.07, 6.45) is 1.59. The van der Waals surface area contributed by atoms with E-state index in [0.717, 1.165) is 60.5 Å². The summed E-state index contributed by atoms with van der Waals surface area (Å²) in [6, 6.07) is 5.99. The van der Waals surface area contributed by atoms with Crippen molar-refractivity contribution in [3.05, 3.63) is 29.0 Å². The second kappa shape index (κ2) is 7.23. The molecule has 0 aliphatic carbocycles. The number of aromatic nitrogens is 2. The maximum atomic E-state index is 11.3. The average Bonchev–Trinajstić information content (AvgIpc) is 2.55. The number of hydrogen-bond donors (Lipinski definition) is 1. The van der Waals surface area contributed by atoms with E-state index in [9.17, 15) is 4.79 Å². The van der Waals surface area contributed by atoms with Gasteiger partial charge in [-0.1, -0.05) is 15.9 Å². The Morgan fingerprint density at radius 3 is 2.78 bits per heavy atom. The highest BCUT2D eigenvalue weighted by Gasteiger charge is 2.17. The Balaban J connectivity index is 1.55. The molecule has 2 heterocycles. The number of rotatable bonds is 4. The third kappa shape index (κ3) is 3.97. The van der Waals surface area contributed by atoms with Gasteiger partial charge in [0, 0.05) is 56.1 Å². The van der Waals surface area contributed by atoms with Crippen molar-refractivity contribution in [3.8, 4) is 0 Å². The van der Waals surface area contributed by atoms with Gasteiger partial charge >= 0.3 is 0 Å². The van der Waals surface area contributed by atoms with Gasteiger partial charge in [-0.2, -0.15) is 0 Å². The third-order valence-corrected chi connectivity index (χ3v) is 4.63. The van der Waals surface area contributed by atoms with E-state index in [-0.39, 0.29) is 5.91 Å². The van der Waals surface area contributed by atoms with Crippen LogP contribution in [0.3, 0.4) is 0 Å². The second-order valence-corrected chi connectivity index (χ2v) is 6.57. The number of nitrogens with zero attached hydrogens (tertiary/aromatic N) is 4. The van der Waals surface area contributed by atoms with E-state index in [1.165, 1.54) is 0 Å². The molecule has 0 atom stereocenters. The lowest BCUT2D eigenvalue weighted by molar-refractivity contribution is -0.130. The third-order valence-electron chi connectivity index (χ3n) is 4.14. The molecule has 1 aliphatic rings. The molecule has 1 fully saturated rings. The van der Waals surface area contributed by atoms with Crippen molar-refractivity contribution in [2.24, 2.45) is 0 Å². The zero-order chi connectivity index (χ0) is 16.2. The van der Waals surface area contributed by atoms with Crippen molar-refractivity contribution < 1.29 is 4.79 Å². The number of anilines is 1. The van der Waals surface area contributed by atoms with Crippen LogP contribution in [0, 0.1) is 0 Å². The Kier molecular flexibility index (Phi) is 5.07. The first kappa shape index (κ1) is 16.1. The lowest BCUT2D eigenvalue weighted by Crippen LogP contribution is -2.49. The van der Waals surface area contributed by atoms with Gasteiger partial charge in [-0.25, -0.2) is 9.97 Å². The molecule has 1 N–H and O–H groups in total. The summed E-state index contributed by atoms with van der Waals surface area (Å²) in [7, 11) is 0. The van der Waals surface area contributed by atoms with Gasteiger partial charge in [-0.15, -0.1) is 0 Å². The number of hydrogen-bond acceptors (Lipinski definition) is 5. The zero-order valence-electron chi connectivity index (χ0n) is 13.1. The molecule has 23 heavy (non-hydrogen) atoms. The van der Waals surface area contributed by atoms with E-state index < -0.39 is 0 Å². The van der Waals surface area contributed by atoms with Crippen LogP contribution in [0.1, 0.15) is 6.92 Å². The molecule has 1 aromatic carbocycles. The van der Waals surface area contributed by atoms with Crippen molar-refractivity contribution in [1.82, 2.24) is 19.8 Å². The van der Waals surface area contributed by atoms with Gasteiger partial charge < -0.3 is 10.2 Å².